The van der Waals surface area contributed by atoms with E-state index in [9.17, 15) is 12.8 Å². The molecule has 1 N–H and O–H groups in total. The molecule has 1 aromatic carbocycles. The first-order valence-electron chi connectivity index (χ1n) is 6.71. The van der Waals surface area contributed by atoms with Crippen LogP contribution in [0, 0.1) is 5.82 Å². The fourth-order valence-corrected chi connectivity index (χ4v) is 3.55. The molecule has 1 aliphatic heterocycles. The SMILES string of the molecule is COc1cc(CC2CCCCN2)cc(F)c1S(C)(=O)=O. The van der Waals surface area contributed by atoms with Crippen molar-refractivity contribution in [3.8, 4) is 5.75 Å². The van der Waals surface area contributed by atoms with Gasteiger partial charge in [0.1, 0.15) is 16.5 Å². The van der Waals surface area contributed by atoms with E-state index in [1.165, 1.54) is 26.0 Å². The van der Waals surface area contributed by atoms with E-state index < -0.39 is 15.7 Å². The standard InChI is InChI=1S/C14H20FNO3S/c1-19-13-9-10(7-11-5-3-4-6-16-11)8-12(15)14(13)20(2,17)18/h8-9,11,16H,3-7H2,1-2H3. The Labute approximate surface area is 119 Å². The molecule has 1 aliphatic rings. The van der Waals surface area contributed by atoms with Gasteiger partial charge in [-0.15, -0.1) is 0 Å². The molecular formula is C14H20FNO3S. The van der Waals surface area contributed by atoms with Crippen molar-refractivity contribution < 1.29 is 17.5 Å². The highest BCUT2D eigenvalue weighted by Crippen LogP contribution is 2.29. The lowest BCUT2D eigenvalue weighted by molar-refractivity contribution is 0.387. The van der Waals surface area contributed by atoms with E-state index in [-0.39, 0.29) is 10.6 Å². The number of hydrogen-bond acceptors (Lipinski definition) is 4. The molecule has 4 nitrogen and oxygen atoms in total. The summed E-state index contributed by atoms with van der Waals surface area (Å²) in [6.07, 6.45) is 5.05. The van der Waals surface area contributed by atoms with Crippen LogP contribution < -0.4 is 10.1 Å². The van der Waals surface area contributed by atoms with Crippen molar-refractivity contribution in [3.63, 3.8) is 0 Å². The highest BCUT2D eigenvalue weighted by atomic mass is 32.2. The lowest BCUT2D eigenvalue weighted by Crippen LogP contribution is -2.35. The first-order valence-corrected chi connectivity index (χ1v) is 8.61. The Hall–Kier alpha value is -1.14. The first kappa shape index (κ1) is 15.3. The van der Waals surface area contributed by atoms with Crippen LogP contribution in [-0.4, -0.2) is 34.4 Å². The van der Waals surface area contributed by atoms with E-state index in [4.69, 9.17) is 4.74 Å². The third-order valence-corrected chi connectivity index (χ3v) is 4.69. The number of benzene rings is 1. The number of rotatable bonds is 4. The van der Waals surface area contributed by atoms with Crippen molar-refractivity contribution in [1.29, 1.82) is 0 Å². The van der Waals surface area contributed by atoms with Gasteiger partial charge in [-0.1, -0.05) is 6.42 Å². The highest BCUT2D eigenvalue weighted by molar-refractivity contribution is 7.90. The van der Waals surface area contributed by atoms with Gasteiger partial charge in [0.25, 0.3) is 0 Å². The summed E-state index contributed by atoms with van der Waals surface area (Å²) in [6, 6.07) is 3.24. The highest BCUT2D eigenvalue weighted by Gasteiger charge is 2.22. The number of nitrogens with one attached hydrogen (secondary N) is 1. The molecule has 1 heterocycles. The molecule has 0 aliphatic carbocycles. The van der Waals surface area contributed by atoms with Crippen molar-refractivity contribution in [2.75, 3.05) is 19.9 Å². The Balaban J connectivity index is 2.30. The molecule has 0 aromatic heterocycles. The predicted octanol–water partition coefficient (Wildman–Crippen LogP) is 1.92. The van der Waals surface area contributed by atoms with Gasteiger partial charge in [0, 0.05) is 12.3 Å². The summed E-state index contributed by atoms with van der Waals surface area (Å²) in [5, 5.41) is 3.39. The molecule has 1 saturated heterocycles. The van der Waals surface area contributed by atoms with Gasteiger partial charge in [-0.05, 0) is 43.5 Å². The van der Waals surface area contributed by atoms with Gasteiger partial charge in [-0.3, -0.25) is 0 Å². The first-order chi connectivity index (χ1) is 9.41. The molecule has 1 fully saturated rings. The number of piperidine rings is 1. The molecule has 112 valence electrons. The summed E-state index contributed by atoms with van der Waals surface area (Å²) in [5.41, 5.74) is 0.756. The fourth-order valence-electron chi connectivity index (χ4n) is 2.63. The zero-order valence-electron chi connectivity index (χ0n) is 11.8. The van der Waals surface area contributed by atoms with Crippen LogP contribution >= 0.6 is 0 Å². The number of hydrogen-bond donors (Lipinski definition) is 1. The smallest absolute Gasteiger partial charge is 0.182 e. The third-order valence-electron chi connectivity index (χ3n) is 3.55. The maximum atomic E-state index is 14.1. The van der Waals surface area contributed by atoms with Gasteiger partial charge in [-0.25, -0.2) is 12.8 Å². The zero-order valence-corrected chi connectivity index (χ0v) is 12.6. The van der Waals surface area contributed by atoms with Gasteiger partial charge < -0.3 is 10.1 Å². The second-order valence-electron chi connectivity index (χ2n) is 5.23. The summed E-state index contributed by atoms with van der Waals surface area (Å²) in [5.74, 6) is -0.657. The molecule has 0 spiro atoms. The molecule has 1 aromatic rings. The quantitative estimate of drug-likeness (QED) is 0.923. The van der Waals surface area contributed by atoms with E-state index in [1.54, 1.807) is 6.07 Å². The number of sulfone groups is 1. The van der Waals surface area contributed by atoms with Crippen LogP contribution in [0.4, 0.5) is 4.39 Å². The van der Waals surface area contributed by atoms with Crippen LogP contribution in [0.25, 0.3) is 0 Å². The summed E-state index contributed by atoms with van der Waals surface area (Å²) in [6.45, 7) is 0.978. The predicted molar refractivity (Wildman–Crippen MR) is 75.4 cm³/mol. The minimum Gasteiger partial charge on any atom is -0.495 e. The fraction of sp³-hybridized carbons (Fsp3) is 0.571. The van der Waals surface area contributed by atoms with Gasteiger partial charge in [0.05, 0.1) is 7.11 Å². The largest absolute Gasteiger partial charge is 0.495 e. The van der Waals surface area contributed by atoms with Crippen LogP contribution in [0.5, 0.6) is 5.75 Å². The number of methoxy groups -OCH3 is 1. The summed E-state index contributed by atoms with van der Waals surface area (Å²) < 4.78 is 42.3. The van der Waals surface area contributed by atoms with Crippen molar-refractivity contribution in [1.82, 2.24) is 5.32 Å². The van der Waals surface area contributed by atoms with Gasteiger partial charge in [-0.2, -0.15) is 0 Å². The molecule has 0 amide bonds. The molecule has 0 bridgehead atoms. The maximum Gasteiger partial charge on any atom is 0.182 e. The van der Waals surface area contributed by atoms with Crippen molar-refractivity contribution in [2.45, 2.75) is 36.6 Å². The monoisotopic (exact) mass is 301 g/mol. The van der Waals surface area contributed by atoms with E-state index in [0.717, 1.165) is 24.8 Å². The maximum absolute atomic E-state index is 14.1. The normalized spacial score (nSPS) is 19.9. The van der Waals surface area contributed by atoms with E-state index in [0.29, 0.717) is 12.5 Å². The third kappa shape index (κ3) is 3.49. The average molecular weight is 301 g/mol. The van der Waals surface area contributed by atoms with Gasteiger partial charge in [0.2, 0.25) is 0 Å². The van der Waals surface area contributed by atoms with Gasteiger partial charge >= 0.3 is 0 Å². The number of ether oxygens (including phenoxy) is 1. The molecule has 20 heavy (non-hydrogen) atoms. The minimum absolute atomic E-state index is 0.0818. The topological polar surface area (TPSA) is 55.4 Å². The average Bonchev–Trinajstić information content (AvgIpc) is 2.37. The molecule has 1 atom stereocenters. The zero-order chi connectivity index (χ0) is 14.8. The molecule has 1 unspecified atom stereocenters. The second-order valence-corrected chi connectivity index (χ2v) is 7.18. The van der Waals surface area contributed by atoms with Crippen molar-refractivity contribution in [3.05, 3.63) is 23.5 Å². The minimum atomic E-state index is -3.64. The van der Waals surface area contributed by atoms with Crippen LogP contribution in [0.2, 0.25) is 0 Å². The summed E-state index contributed by atoms with van der Waals surface area (Å²) in [4.78, 5) is -0.361. The number of halogens is 1. The second kappa shape index (κ2) is 6.10. The Morgan fingerprint density at radius 3 is 2.70 bits per heavy atom. The molecule has 2 rings (SSSR count). The lowest BCUT2D eigenvalue weighted by Gasteiger charge is -2.23. The molecule has 0 saturated carbocycles. The molecule has 0 radical (unpaired) electrons. The van der Waals surface area contributed by atoms with Crippen LogP contribution in [0.15, 0.2) is 17.0 Å². The van der Waals surface area contributed by atoms with E-state index in [2.05, 4.69) is 5.32 Å². The van der Waals surface area contributed by atoms with E-state index >= 15 is 0 Å². The van der Waals surface area contributed by atoms with E-state index in [1.807, 2.05) is 0 Å². The van der Waals surface area contributed by atoms with Crippen molar-refractivity contribution >= 4 is 9.84 Å². The summed E-state index contributed by atoms with van der Waals surface area (Å²) in [7, 11) is -2.29. The van der Waals surface area contributed by atoms with Crippen LogP contribution in [0.1, 0.15) is 24.8 Å². The lowest BCUT2D eigenvalue weighted by atomic mass is 9.97. The summed E-state index contributed by atoms with van der Waals surface area (Å²) >= 11 is 0. The molecular weight excluding hydrogens is 281 g/mol. The Bertz CT molecular complexity index is 580. The van der Waals surface area contributed by atoms with Crippen LogP contribution in [0.3, 0.4) is 0 Å². The Morgan fingerprint density at radius 1 is 1.40 bits per heavy atom. The Morgan fingerprint density at radius 2 is 2.15 bits per heavy atom. The van der Waals surface area contributed by atoms with Crippen molar-refractivity contribution in [2.24, 2.45) is 0 Å². The molecule has 6 heteroatoms. The van der Waals surface area contributed by atoms with Gasteiger partial charge in [0.15, 0.2) is 9.84 Å². The Kier molecular flexibility index (Phi) is 4.65. The van der Waals surface area contributed by atoms with Crippen LogP contribution in [-0.2, 0) is 16.3 Å².